The van der Waals surface area contributed by atoms with Crippen LogP contribution in [0.4, 0.5) is 5.69 Å². The monoisotopic (exact) mass is 557 g/mol. The molecule has 8 nitrogen and oxygen atoms in total. The van der Waals surface area contributed by atoms with Crippen molar-refractivity contribution in [2.75, 3.05) is 24.2 Å². The molecule has 36 heavy (non-hydrogen) atoms. The SMILES string of the molecule is COc1cccc(N(CCCC(=O)N(Cc2c(Cl)cccc2Cl)[C@@H](C)C(=O)NC(C)C)S(C)(=O)=O)c1. The van der Waals surface area contributed by atoms with Crippen molar-refractivity contribution in [2.24, 2.45) is 0 Å². The summed E-state index contributed by atoms with van der Waals surface area (Å²) in [4.78, 5) is 27.5. The molecule has 198 valence electrons. The van der Waals surface area contributed by atoms with E-state index in [0.717, 1.165) is 6.26 Å². The average Bonchev–Trinajstić information content (AvgIpc) is 2.80. The van der Waals surface area contributed by atoms with Crippen LogP contribution in [-0.2, 0) is 26.2 Å². The zero-order chi connectivity index (χ0) is 27.0. The fourth-order valence-corrected chi connectivity index (χ4v) is 5.09. The Kier molecular flexibility index (Phi) is 10.9. The molecule has 0 heterocycles. The molecule has 2 aromatic rings. The summed E-state index contributed by atoms with van der Waals surface area (Å²) in [5.41, 5.74) is 0.973. The number of nitrogens with zero attached hydrogens (tertiary/aromatic N) is 2. The summed E-state index contributed by atoms with van der Waals surface area (Å²) >= 11 is 12.7. The van der Waals surface area contributed by atoms with Crippen LogP contribution in [0.3, 0.4) is 0 Å². The van der Waals surface area contributed by atoms with Crippen molar-refractivity contribution in [2.45, 2.75) is 52.2 Å². The van der Waals surface area contributed by atoms with Gasteiger partial charge in [-0.2, -0.15) is 0 Å². The lowest BCUT2D eigenvalue weighted by atomic mass is 10.1. The quantitative estimate of drug-likeness (QED) is 0.414. The summed E-state index contributed by atoms with van der Waals surface area (Å²) in [7, 11) is -2.11. The molecule has 0 unspecified atom stereocenters. The molecule has 1 N–H and O–H groups in total. The van der Waals surface area contributed by atoms with E-state index < -0.39 is 16.1 Å². The van der Waals surface area contributed by atoms with Crippen molar-refractivity contribution in [3.8, 4) is 5.75 Å². The topological polar surface area (TPSA) is 96.0 Å². The first-order valence-electron chi connectivity index (χ1n) is 11.5. The van der Waals surface area contributed by atoms with Gasteiger partial charge in [0, 0.05) is 47.2 Å². The van der Waals surface area contributed by atoms with E-state index in [0.29, 0.717) is 27.0 Å². The van der Waals surface area contributed by atoms with Crippen molar-refractivity contribution in [3.05, 3.63) is 58.1 Å². The van der Waals surface area contributed by atoms with E-state index >= 15 is 0 Å². The van der Waals surface area contributed by atoms with Crippen LogP contribution in [0.2, 0.25) is 10.0 Å². The molecule has 0 aromatic heterocycles. The van der Waals surface area contributed by atoms with Gasteiger partial charge in [0.05, 0.1) is 19.1 Å². The molecular weight excluding hydrogens is 525 g/mol. The first-order chi connectivity index (χ1) is 16.8. The third-order valence-electron chi connectivity index (χ3n) is 5.48. The van der Waals surface area contributed by atoms with E-state index in [9.17, 15) is 18.0 Å². The van der Waals surface area contributed by atoms with Crippen LogP contribution in [0, 0.1) is 0 Å². The van der Waals surface area contributed by atoms with Crippen LogP contribution in [0.1, 0.15) is 39.2 Å². The summed E-state index contributed by atoms with van der Waals surface area (Å²) in [5, 5.41) is 3.60. The fraction of sp³-hybridized carbons (Fsp3) is 0.440. The van der Waals surface area contributed by atoms with E-state index in [1.54, 1.807) is 49.4 Å². The van der Waals surface area contributed by atoms with Gasteiger partial charge >= 0.3 is 0 Å². The summed E-state index contributed by atoms with van der Waals surface area (Å²) in [5.74, 6) is -0.114. The number of benzene rings is 2. The zero-order valence-corrected chi connectivity index (χ0v) is 23.5. The number of nitrogens with one attached hydrogen (secondary N) is 1. The minimum atomic E-state index is -3.61. The van der Waals surface area contributed by atoms with Gasteiger partial charge in [-0.25, -0.2) is 8.42 Å². The Morgan fingerprint density at radius 2 is 1.67 bits per heavy atom. The maximum atomic E-state index is 13.3. The van der Waals surface area contributed by atoms with E-state index in [1.165, 1.54) is 16.3 Å². The Balaban J connectivity index is 2.23. The van der Waals surface area contributed by atoms with E-state index in [2.05, 4.69) is 5.32 Å². The number of carbonyl (C=O) groups is 2. The molecule has 0 saturated heterocycles. The summed E-state index contributed by atoms with van der Waals surface area (Å²) < 4.78 is 31.4. The van der Waals surface area contributed by atoms with Crippen molar-refractivity contribution in [3.63, 3.8) is 0 Å². The maximum Gasteiger partial charge on any atom is 0.242 e. The van der Waals surface area contributed by atoms with Crippen LogP contribution in [0.5, 0.6) is 5.75 Å². The van der Waals surface area contributed by atoms with Crippen molar-refractivity contribution >= 4 is 50.7 Å². The van der Waals surface area contributed by atoms with Crippen LogP contribution in [0.15, 0.2) is 42.5 Å². The van der Waals surface area contributed by atoms with E-state index in [-0.39, 0.29) is 43.8 Å². The molecule has 11 heteroatoms. The van der Waals surface area contributed by atoms with Crippen molar-refractivity contribution in [1.82, 2.24) is 10.2 Å². The molecular formula is C25H33Cl2N3O5S. The predicted molar refractivity (Wildman–Crippen MR) is 144 cm³/mol. The van der Waals surface area contributed by atoms with Crippen molar-refractivity contribution < 1.29 is 22.7 Å². The van der Waals surface area contributed by atoms with Gasteiger partial charge in [0.15, 0.2) is 0 Å². The standard InChI is InChI=1S/C25H33Cl2N3O5S/c1-17(2)28-25(32)18(3)29(16-21-22(26)11-7-12-23(21)27)24(31)13-8-14-30(36(5,33)34)19-9-6-10-20(15-19)35-4/h6-7,9-12,15,17-18H,8,13-14,16H2,1-5H3,(H,28,32)/t18-/m0/s1. The van der Waals surface area contributed by atoms with E-state index in [4.69, 9.17) is 27.9 Å². The second-order valence-electron chi connectivity index (χ2n) is 8.70. The first kappa shape index (κ1) is 29.7. The number of rotatable bonds is 12. The van der Waals surface area contributed by atoms with Gasteiger partial charge in [-0.05, 0) is 51.5 Å². The van der Waals surface area contributed by atoms with Crippen LogP contribution >= 0.6 is 23.2 Å². The number of halogens is 2. The molecule has 1 atom stereocenters. The Morgan fingerprint density at radius 3 is 2.22 bits per heavy atom. The second kappa shape index (κ2) is 13.2. The van der Waals surface area contributed by atoms with Crippen LogP contribution in [0.25, 0.3) is 0 Å². The number of hydrogen-bond acceptors (Lipinski definition) is 5. The summed E-state index contributed by atoms with van der Waals surface area (Å²) in [6.07, 6.45) is 1.35. The number of carbonyl (C=O) groups excluding carboxylic acids is 2. The van der Waals surface area contributed by atoms with Gasteiger partial charge in [-0.1, -0.05) is 35.3 Å². The highest BCUT2D eigenvalue weighted by Gasteiger charge is 2.28. The van der Waals surface area contributed by atoms with Crippen molar-refractivity contribution in [1.29, 1.82) is 0 Å². The number of ether oxygens (including phenoxy) is 1. The molecule has 2 rings (SSSR count). The number of amides is 2. The molecule has 0 spiro atoms. The third kappa shape index (κ3) is 8.28. The average molecular weight is 559 g/mol. The van der Waals surface area contributed by atoms with Gasteiger partial charge < -0.3 is 15.0 Å². The molecule has 0 aliphatic carbocycles. The lowest BCUT2D eigenvalue weighted by molar-refractivity contribution is -0.140. The number of sulfonamides is 1. The van der Waals surface area contributed by atoms with Gasteiger partial charge in [-0.15, -0.1) is 0 Å². The molecule has 0 aliphatic rings. The van der Waals surface area contributed by atoms with Gasteiger partial charge in [-0.3, -0.25) is 13.9 Å². The highest BCUT2D eigenvalue weighted by Crippen LogP contribution is 2.27. The second-order valence-corrected chi connectivity index (χ2v) is 11.4. The smallest absolute Gasteiger partial charge is 0.242 e. The maximum absolute atomic E-state index is 13.3. The molecule has 2 aromatic carbocycles. The number of methoxy groups -OCH3 is 1. The Morgan fingerprint density at radius 1 is 1.06 bits per heavy atom. The molecule has 0 saturated carbocycles. The minimum Gasteiger partial charge on any atom is -0.497 e. The van der Waals surface area contributed by atoms with E-state index in [1.807, 2.05) is 13.8 Å². The molecule has 0 aliphatic heterocycles. The largest absolute Gasteiger partial charge is 0.497 e. The normalized spacial score (nSPS) is 12.2. The lowest BCUT2D eigenvalue weighted by Gasteiger charge is -2.30. The summed E-state index contributed by atoms with van der Waals surface area (Å²) in [6, 6.07) is 10.8. The van der Waals surface area contributed by atoms with Gasteiger partial charge in [0.25, 0.3) is 0 Å². The predicted octanol–water partition coefficient (Wildman–Crippen LogP) is 4.49. The Bertz CT molecular complexity index is 1150. The third-order valence-corrected chi connectivity index (χ3v) is 7.38. The highest BCUT2D eigenvalue weighted by molar-refractivity contribution is 7.92. The van der Waals surface area contributed by atoms with Crippen LogP contribution in [-0.4, -0.2) is 57.1 Å². The first-order valence-corrected chi connectivity index (χ1v) is 14.1. The van der Waals surface area contributed by atoms with Gasteiger partial charge in [0.2, 0.25) is 21.8 Å². The summed E-state index contributed by atoms with van der Waals surface area (Å²) in [6.45, 7) is 5.42. The highest BCUT2D eigenvalue weighted by atomic mass is 35.5. The number of hydrogen-bond donors (Lipinski definition) is 1. The molecule has 0 bridgehead atoms. The zero-order valence-electron chi connectivity index (χ0n) is 21.1. The Hall–Kier alpha value is -2.49. The minimum absolute atomic E-state index is 0.0113. The molecule has 0 fully saturated rings. The number of anilines is 1. The van der Waals surface area contributed by atoms with Gasteiger partial charge in [0.1, 0.15) is 11.8 Å². The lowest BCUT2D eigenvalue weighted by Crippen LogP contribution is -2.49. The molecule has 2 amide bonds. The Labute approximate surface area is 223 Å². The van der Waals surface area contributed by atoms with Crippen LogP contribution < -0.4 is 14.4 Å². The molecule has 0 radical (unpaired) electrons. The fourth-order valence-electron chi connectivity index (χ4n) is 3.61.